The third-order valence-corrected chi connectivity index (χ3v) is 4.17. The van der Waals surface area contributed by atoms with Crippen LogP contribution in [0.2, 0.25) is 0 Å². The van der Waals surface area contributed by atoms with Gasteiger partial charge in [0.25, 0.3) is 0 Å². The summed E-state index contributed by atoms with van der Waals surface area (Å²) in [5, 5.41) is 0. The molecule has 0 radical (unpaired) electrons. The van der Waals surface area contributed by atoms with Crippen molar-refractivity contribution in [2.45, 2.75) is 59.5 Å². The summed E-state index contributed by atoms with van der Waals surface area (Å²) in [6.45, 7) is 10.4. The largest absolute Gasteiger partial charge is 0.294 e. The summed E-state index contributed by atoms with van der Waals surface area (Å²) < 4.78 is 0. The molecule has 0 spiro atoms. The Morgan fingerprint density at radius 1 is 1.21 bits per heavy atom. The van der Waals surface area contributed by atoms with Gasteiger partial charge in [0.1, 0.15) is 0 Å². The fourth-order valence-electron chi connectivity index (χ4n) is 2.59. The van der Waals surface area contributed by atoms with E-state index in [2.05, 4.69) is 31.9 Å². The molecule has 0 heterocycles. The number of benzene rings is 1. The molecule has 0 amide bonds. The number of carbonyl (C=O) groups excluding carboxylic acids is 1. The zero-order valence-electron chi connectivity index (χ0n) is 13.2. The van der Waals surface area contributed by atoms with Gasteiger partial charge in [0.2, 0.25) is 0 Å². The molecule has 0 bridgehead atoms. The minimum atomic E-state index is -0.0644. The standard InChI is InChI=1S/C17H27NO/c1-7-15(8-2)18(6)14(5)17(19)16-11-12(3)9-10-13(16)4/h9-11,14-15H,7-8H2,1-6H3. The molecule has 1 aromatic carbocycles. The van der Waals surface area contributed by atoms with E-state index in [1.54, 1.807) is 0 Å². The van der Waals surface area contributed by atoms with Gasteiger partial charge in [-0.25, -0.2) is 0 Å². The summed E-state index contributed by atoms with van der Waals surface area (Å²) in [6, 6.07) is 6.51. The predicted octanol–water partition coefficient (Wildman–Crippen LogP) is 4.00. The first-order valence-electron chi connectivity index (χ1n) is 7.25. The monoisotopic (exact) mass is 261 g/mol. The van der Waals surface area contributed by atoms with Crippen LogP contribution in [-0.4, -0.2) is 29.8 Å². The molecule has 0 fully saturated rings. The molecular weight excluding hydrogens is 234 g/mol. The smallest absolute Gasteiger partial charge is 0.179 e. The molecule has 0 aliphatic carbocycles. The van der Waals surface area contributed by atoms with Gasteiger partial charge < -0.3 is 0 Å². The topological polar surface area (TPSA) is 20.3 Å². The number of rotatable bonds is 6. The van der Waals surface area contributed by atoms with E-state index in [0.29, 0.717) is 6.04 Å². The average molecular weight is 261 g/mol. The van der Waals surface area contributed by atoms with E-state index >= 15 is 0 Å². The Hall–Kier alpha value is -1.15. The first-order valence-corrected chi connectivity index (χ1v) is 7.25. The highest BCUT2D eigenvalue weighted by atomic mass is 16.1. The minimum Gasteiger partial charge on any atom is -0.294 e. The quantitative estimate of drug-likeness (QED) is 0.722. The van der Waals surface area contributed by atoms with E-state index in [4.69, 9.17) is 0 Å². The third-order valence-electron chi connectivity index (χ3n) is 4.17. The number of hydrogen-bond acceptors (Lipinski definition) is 2. The lowest BCUT2D eigenvalue weighted by atomic mass is 9.96. The number of hydrogen-bond donors (Lipinski definition) is 0. The van der Waals surface area contributed by atoms with Gasteiger partial charge in [0.15, 0.2) is 5.78 Å². The fraction of sp³-hybridized carbons (Fsp3) is 0.588. The van der Waals surface area contributed by atoms with E-state index in [1.165, 1.54) is 0 Å². The van der Waals surface area contributed by atoms with Crippen molar-refractivity contribution in [3.05, 3.63) is 34.9 Å². The van der Waals surface area contributed by atoms with Gasteiger partial charge in [0.05, 0.1) is 6.04 Å². The zero-order valence-corrected chi connectivity index (χ0v) is 13.2. The Morgan fingerprint density at radius 2 is 1.79 bits per heavy atom. The second kappa shape index (κ2) is 6.85. The van der Waals surface area contributed by atoms with Crippen LogP contribution in [0.4, 0.5) is 0 Å². The van der Waals surface area contributed by atoms with Gasteiger partial charge >= 0.3 is 0 Å². The second-order valence-corrected chi connectivity index (χ2v) is 5.49. The molecule has 1 atom stereocenters. The van der Waals surface area contributed by atoms with Gasteiger partial charge in [-0.15, -0.1) is 0 Å². The Kier molecular flexibility index (Phi) is 5.74. The van der Waals surface area contributed by atoms with E-state index in [9.17, 15) is 4.79 Å². The van der Waals surface area contributed by atoms with Crippen molar-refractivity contribution in [1.29, 1.82) is 0 Å². The lowest BCUT2D eigenvalue weighted by molar-refractivity contribution is 0.0807. The Morgan fingerprint density at radius 3 is 2.32 bits per heavy atom. The molecule has 1 aromatic rings. The maximum absolute atomic E-state index is 12.7. The summed E-state index contributed by atoms with van der Waals surface area (Å²) in [7, 11) is 2.06. The second-order valence-electron chi connectivity index (χ2n) is 5.49. The Balaban J connectivity index is 2.96. The van der Waals surface area contributed by atoms with E-state index in [1.807, 2.05) is 32.9 Å². The SMILES string of the molecule is CCC(CC)N(C)C(C)C(=O)c1cc(C)ccc1C. The molecule has 0 aliphatic rings. The summed E-state index contributed by atoms with van der Waals surface area (Å²) >= 11 is 0. The van der Waals surface area contributed by atoms with Crippen LogP contribution in [0.5, 0.6) is 0 Å². The summed E-state index contributed by atoms with van der Waals surface area (Å²) in [5.41, 5.74) is 3.08. The molecule has 0 saturated carbocycles. The Labute approximate surface area is 117 Å². The molecule has 2 heteroatoms. The van der Waals surface area contributed by atoms with Gasteiger partial charge in [-0.3, -0.25) is 9.69 Å². The van der Waals surface area contributed by atoms with Gasteiger partial charge in [-0.2, -0.15) is 0 Å². The Bertz CT molecular complexity index is 435. The van der Waals surface area contributed by atoms with Crippen molar-refractivity contribution in [2.75, 3.05) is 7.05 Å². The lowest BCUT2D eigenvalue weighted by Crippen LogP contribution is -2.42. The van der Waals surface area contributed by atoms with E-state index in [-0.39, 0.29) is 11.8 Å². The predicted molar refractivity (Wildman–Crippen MR) is 81.8 cm³/mol. The highest BCUT2D eigenvalue weighted by molar-refractivity contribution is 6.01. The van der Waals surface area contributed by atoms with Crippen molar-refractivity contribution >= 4 is 5.78 Å². The molecule has 1 rings (SSSR count). The van der Waals surface area contributed by atoms with Crippen LogP contribution in [-0.2, 0) is 0 Å². The first kappa shape index (κ1) is 15.9. The van der Waals surface area contributed by atoms with E-state index in [0.717, 1.165) is 29.5 Å². The highest BCUT2D eigenvalue weighted by Crippen LogP contribution is 2.18. The molecule has 2 nitrogen and oxygen atoms in total. The zero-order chi connectivity index (χ0) is 14.6. The summed E-state index contributed by atoms with van der Waals surface area (Å²) in [6.07, 6.45) is 2.16. The lowest BCUT2D eigenvalue weighted by Gasteiger charge is -2.31. The van der Waals surface area contributed by atoms with Gasteiger partial charge in [-0.1, -0.05) is 31.5 Å². The molecule has 0 aromatic heterocycles. The van der Waals surface area contributed by atoms with Crippen LogP contribution < -0.4 is 0 Å². The molecular formula is C17H27NO. The number of likely N-dealkylation sites (N-methyl/N-ethyl adjacent to an activating group) is 1. The van der Waals surface area contributed by atoms with Crippen molar-refractivity contribution in [2.24, 2.45) is 0 Å². The molecule has 0 aliphatic heterocycles. The maximum Gasteiger partial charge on any atom is 0.179 e. The minimum absolute atomic E-state index is 0.0644. The van der Waals surface area contributed by atoms with E-state index < -0.39 is 0 Å². The van der Waals surface area contributed by atoms with Crippen LogP contribution in [0.15, 0.2) is 18.2 Å². The maximum atomic E-state index is 12.7. The first-order chi connectivity index (χ1) is 8.92. The van der Waals surface area contributed by atoms with Crippen LogP contribution in [0.25, 0.3) is 0 Å². The normalized spacial score (nSPS) is 13.1. The molecule has 1 unspecified atom stereocenters. The number of aryl methyl sites for hydroxylation is 2. The molecule has 0 N–H and O–H groups in total. The van der Waals surface area contributed by atoms with Crippen molar-refractivity contribution in [3.63, 3.8) is 0 Å². The number of Topliss-reactive ketones (excluding diaryl/α,β-unsaturated/α-hetero) is 1. The molecule has 19 heavy (non-hydrogen) atoms. The van der Waals surface area contributed by atoms with Crippen molar-refractivity contribution in [1.82, 2.24) is 4.90 Å². The fourth-order valence-corrected chi connectivity index (χ4v) is 2.59. The van der Waals surface area contributed by atoms with Crippen LogP contribution in [0.1, 0.15) is 55.1 Å². The van der Waals surface area contributed by atoms with Crippen LogP contribution >= 0.6 is 0 Å². The van der Waals surface area contributed by atoms with Crippen molar-refractivity contribution < 1.29 is 4.79 Å². The number of nitrogens with zero attached hydrogens (tertiary/aromatic N) is 1. The summed E-state index contributed by atoms with van der Waals surface area (Å²) in [5.74, 6) is 0.232. The van der Waals surface area contributed by atoms with Gasteiger partial charge in [0, 0.05) is 11.6 Å². The van der Waals surface area contributed by atoms with Crippen LogP contribution in [0.3, 0.4) is 0 Å². The average Bonchev–Trinajstić information content (AvgIpc) is 2.41. The summed E-state index contributed by atoms with van der Waals surface area (Å²) in [4.78, 5) is 14.9. The highest BCUT2D eigenvalue weighted by Gasteiger charge is 2.24. The number of carbonyl (C=O) groups is 1. The van der Waals surface area contributed by atoms with Gasteiger partial charge in [-0.05, 0) is 52.3 Å². The van der Waals surface area contributed by atoms with Crippen LogP contribution in [0, 0.1) is 13.8 Å². The van der Waals surface area contributed by atoms with Crippen molar-refractivity contribution in [3.8, 4) is 0 Å². The number of ketones is 1. The molecule has 0 saturated heterocycles. The third kappa shape index (κ3) is 3.66. The molecule has 106 valence electrons.